The van der Waals surface area contributed by atoms with E-state index >= 15 is 0 Å². The SMILES string of the molecule is Fc1ccc2c(c1)OCC1NSNC21. The number of ether oxygens (including phenoxy) is 1. The molecular weight excluding hydrogens is 203 g/mol. The van der Waals surface area contributed by atoms with Gasteiger partial charge in [-0.15, -0.1) is 0 Å². The second-order valence-electron chi connectivity index (χ2n) is 3.42. The van der Waals surface area contributed by atoms with Crippen molar-refractivity contribution in [3.63, 3.8) is 0 Å². The molecule has 2 atom stereocenters. The Morgan fingerprint density at radius 1 is 1.43 bits per heavy atom. The van der Waals surface area contributed by atoms with Gasteiger partial charge in [-0.25, -0.2) is 13.8 Å². The van der Waals surface area contributed by atoms with Crippen molar-refractivity contribution in [3.8, 4) is 5.75 Å². The topological polar surface area (TPSA) is 33.3 Å². The van der Waals surface area contributed by atoms with Crippen LogP contribution in [0.2, 0.25) is 0 Å². The van der Waals surface area contributed by atoms with Crippen LogP contribution >= 0.6 is 12.1 Å². The van der Waals surface area contributed by atoms with E-state index in [0.29, 0.717) is 12.4 Å². The Hall–Kier alpha value is -0.780. The van der Waals surface area contributed by atoms with Crippen LogP contribution in [-0.2, 0) is 0 Å². The third kappa shape index (κ3) is 1.20. The number of halogens is 1. The van der Waals surface area contributed by atoms with Gasteiger partial charge in [0.05, 0.1) is 12.1 Å². The molecule has 14 heavy (non-hydrogen) atoms. The fourth-order valence-corrected chi connectivity index (χ4v) is 2.65. The van der Waals surface area contributed by atoms with E-state index in [-0.39, 0.29) is 17.9 Å². The molecule has 0 saturated carbocycles. The molecule has 74 valence electrons. The molecule has 0 aliphatic carbocycles. The van der Waals surface area contributed by atoms with Crippen LogP contribution in [0, 0.1) is 5.82 Å². The van der Waals surface area contributed by atoms with Crippen LogP contribution in [0.25, 0.3) is 0 Å². The van der Waals surface area contributed by atoms with Gasteiger partial charge >= 0.3 is 0 Å². The summed E-state index contributed by atoms with van der Waals surface area (Å²) in [6.45, 7) is 0.584. The first-order chi connectivity index (χ1) is 6.84. The molecule has 3 nitrogen and oxygen atoms in total. The van der Waals surface area contributed by atoms with Crippen LogP contribution in [0.4, 0.5) is 4.39 Å². The van der Waals surface area contributed by atoms with E-state index in [9.17, 15) is 4.39 Å². The molecular formula is C9H9FN2OS. The minimum absolute atomic E-state index is 0.226. The Balaban J connectivity index is 2.05. The minimum Gasteiger partial charge on any atom is -0.491 e. The smallest absolute Gasteiger partial charge is 0.127 e. The number of fused-ring (bicyclic) bond motifs is 3. The van der Waals surface area contributed by atoms with Gasteiger partial charge in [-0.3, -0.25) is 0 Å². The molecule has 0 amide bonds. The summed E-state index contributed by atoms with van der Waals surface area (Å²) in [6, 6.07) is 5.19. The van der Waals surface area contributed by atoms with Gasteiger partial charge in [0.1, 0.15) is 18.2 Å². The lowest BCUT2D eigenvalue weighted by molar-refractivity contribution is 0.235. The van der Waals surface area contributed by atoms with Crippen molar-refractivity contribution in [2.24, 2.45) is 0 Å². The van der Waals surface area contributed by atoms with Crippen LogP contribution in [0.1, 0.15) is 11.6 Å². The number of rotatable bonds is 0. The second kappa shape index (κ2) is 3.12. The van der Waals surface area contributed by atoms with E-state index in [1.165, 1.54) is 24.3 Å². The molecule has 0 radical (unpaired) electrons. The van der Waals surface area contributed by atoms with E-state index in [1.807, 2.05) is 0 Å². The van der Waals surface area contributed by atoms with Gasteiger partial charge in [0, 0.05) is 23.8 Å². The van der Waals surface area contributed by atoms with Crippen molar-refractivity contribution < 1.29 is 9.13 Å². The maximum atomic E-state index is 12.9. The largest absolute Gasteiger partial charge is 0.491 e. The Bertz CT molecular complexity index is 374. The molecule has 1 aromatic carbocycles. The summed E-state index contributed by atoms with van der Waals surface area (Å²) >= 11 is 1.47. The quantitative estimate of drug-likeness (QED) is 0.637. The van der Waals surface area contributed by atoms with E-state index in [1.54, 1.807) is 6.07 Å². The average Bonchev–Trinajstić information content (AvgIpc) is 2.65. The molecule has 0 aromatic heterocycles. The van der Waals surface area contributed by atoms with Crippen LogP contribution in [0.5, 0.6) is 5.75 Å². The highest BCUT2D eigenvalue weighted by molar-refractivity contribution is 7.95. The summed E-state index contributed by atoms with van der Waals surface area (Å²) in [7, 11) is 0. The Morgan fingerprint density at radius 3 is 3.29 bits per heavy atom. The molecule has 2 unspecified atom stereocenters. The van der Waals surface area contributed by atoms with Crippen LogP contribution < -0.4 is 14.2 Å². The predicted octanol–water partition coefficient (Wildman–Crippen LogP) is 1.38. The highest BCUT2D eigenvalue weighted by Crippen LogP contribution is 2.36. The molecule has 2 heterocycles. The summed E-state index contributed by atoms with van der Waals surface area (Å²) in [5, 5.41) is 0. The second-order valence-corrected chi connectivity index (χ2v) is 4.09. The molecule has 1 aromatic rings. The van der Waals surface area contributed by atoms with E-state index in [4.69, 9.17) is 4.74 Å². The lowest BCUT2D eigenvalue weighted by Crippen LogP contribution is -2.36. The van der Waals surface area contributed by atoms with Gasteiger partial charge in [-0.1, -0.05) is 6.07 Å². The molecule has 1 fully saturated rings. The van der Waals surface area contributed by atoms with Crippen molar-refractivity contribution in [1.29, 1.82) is 0 Å². The third-order valence-electron chi connectivity index (χ3n) is 2.53. The molecule has 2 N–H and O–H groups in total. The van der Waals surface area contributed by atoms with Gasteiger partial charge in [0.25, 0.3) is 0 Å². The highest BCUT2D eigenvalue weighted by atomic mass is 32.2. The normalized spacial score (nSPS) is 29.2. The van der Waals surface area contributed by atoms with Crippen molar-refractivity contribution >= 4 is 12.1 Å². The van der Waals surface area contributed by atoms with Crippen molar-refractivity contribution in [2.75, 3.05) is 6.61 Å². The molecule has 5 heteroatoms. The first-order valence-electron chi connectivity index (χ1n) is 4.44. The fraction of sp³-hybridized carbons (Fsp3) is 0.333. The molecule has 2 aliphatic rings. The Kier molecular flexibility index (Phi) is 1.90. The summed E-state index contributed by atoms with van der Waals surface area (Å²) in [4.78, 5) is 0. The third-order valence-corrected chi connectivity index (χ3v) is 3.32. The van der Waals surface area contributed by atoms with E-state index in [2.05, 4.69) is 9.44 Å². The zero-order chi connectivity index (χ0) is 9.54. The maximum Gasteiger partial charge on any atom is 0.127 e. The number of hydrogen-bond donors (Lipinski definition) is 2. The molecule has 2 aliphatic heterocycles. The van der Waals surface area contributed by atoms with Gasteiger partial charge in [-0.2, -0.15) is 0 Å². The van der Waals surface area contributed by atoms with E-state index < -0.39 is 0 Å². The van der Waals surface area contributed by atoms with Gasteiger partial charge in [0.15, 0.2) is 0 Å². The monoisotopic (exact) mass is 212 g/mol. The standard InChI is InChI=1S/C9H9FN2OS/c10-5-1-2-6-8(3-5)13-4-7-9(6)12-14-11-7/h1-3,7,9,11-12H,4H2. The first kappa shape index (κ1) is 8.52. The van der Waals surface area contributed by atoms with Crippen molar-refractivity contribution in [1.82, 2.24) is 9.44 Å². The zero-order valence-electron chi connectivity index (χ0n) is 7.29. The van der Waals surface area contributed by atoms with Gasteiger partial charge < -0.3 is 4.74 Å². The summed E-state index contributed by atoms with van der Waals surface area (Å²) in [5.41, 5.74) is 1.03. The van der Waals surface area contributed by atoms with Crippen molar-refractivity contribution in [3.05, 3.63) is 29.6 Å². The Morgan fingerprint density at radius 2 is 2.36 bits per heavy atom. The summed E-state index contributed by atoms with van der Waals surface area (Å²) in [5.74, 6) is 0.406. The number of nitrogens with one attached hydrogen (secondary N) is 2. The lowest BCUT2D eigenvalue weighted by Gasteiger charge is -2.27. The van der Waals surface area contributed by atoms with Gasteiger partial charge in [-0.05, 0) is 6.07 Å². The summed E-state index contributed by atoms with van der Waals surface area (Å²) in [6.07, 6.45) is 0. The predicted molar refractivity (Wildman–Crippen MR) is 52.3 cm³/mol. The number of benzene rings is 1. The molecule has 1 saturated heterocycles. The van der Waals surface area contributed by atoms with E-state index in [0.717, 1.165) is 5.56 Å². The molecule has 3 rings (SSSR count). The van der Waals surface area contributed by atoms with Crippen LogP contribution in [-0.4, -0.2) is 12.6 Å². The average molecular weight is 212 g/mol. The van der Waals surface area contributed by atoms with Crippen molar-refractivity contribution in [2.45, 2.75) is 12.1 Å². The lowest BCUT2D eigenvalue weighted by atomic mass is 9.98. The van der Waals surface area contributed by atoms with Crippen LogP contribution in [0.15, 0.2) is 18.2 Å². The van der Waals surface area contributed by atoms with Crippen LogP contribution in [0.3, 0.4) is 0 Å². The first-order valence-corrected chi connectivity index (χ1v) is 5.25. The maximum absolute atomic E-state index is 12.9. The fourth-order valence-electron chi connectivity index (χ4n) is 1.80. The Labute approximate surface area is 85.3 Å². The highest BCUT2D eigenvalue weighted by Gasteiger charge is 2.35. The number of hydrogen-bond acceptors (Lipinski definition) is 4. The summed E-state index contributed by atoms with van der Waals surface area (Å²) < 4.78 is 24.8. The van der Waals surface area contributed by atoms with Gasteiger partial charge in [0.2, 0.25) is 0 Å². The molecule has 0 bridgehead atoms. The molecule has 0 spiro atoms. The zero-order valence-corrected chi connectivity index (χ0v) is 8.10. The minimum atomic E-state index is -0.249.